The SMILES string of the molecule is C#CC(O)(CCC)CCC.C1CCOC1.C1CCOC1.CC.CC(C)(C)OC(=O)NCCC(=O)c1cccc(Br)c1.Cl.N#CCC(O)c1cccc(Br)c1.NCCC(O)c1cccc(Br)c1.O=Cc1cccc(Br)c1.[2H]C(O)(CCN)c1cccc(Br)c1.[2H]C(O)(CCNC(=O)C(F)(F)F)c1cccc(Br)c1.[AlH3].[H-].[Li+]. The summed E-state index contributed by atoms with van der Waals surface area (Å²) in [7, 11) is 0. The zero-order valence-electron chi connectivity index (χ0n) is 64.5. The van der Waals surface area contributed by atoms with Gasteiger partial charge in [0.1, 0.15) is 17.5 Å². The van der Waals surface area contributed by atoms with Crippen LogP contribution in [0.3, 0.4) is 0 Å². The van der Waals surface area contributed by atoms with Crippen LogP contribution in [0.1, 0.15) is 203 Å². The van der Waals surface area contributed by atoms with Crippen LogP contribution in [-0.4, -0.2) is 137 Å². The zero-order chi connectivity index (χ0) is 80.8. The number of nitrogens with zero attached hydrogens (tertiary/aromatic N) is 1. The number of Topliss-reactive ketones (excluding diaryl/α,β-unsaturated/α-hetero) is 1. The molecule has 0 bridgehead atoms. The predicted molar refractivity (Wildman–Crippen MR) is 448 cm³/mol. The van der Waals surface area contributed by atoms with Crippen molar-refractivity contribution in [2.24, 2.45) is 11.5 Å². The largest absolute Gasteiger partial charge is 1.00 e. The molecule has 107 heavy (non-hydrogen) atoms. The molecule has 0 spiro atoms. The van der Waals surface area contributed by atoms with Crippen LogP contribution in [-0.2, 0) is 19.0 Å². The van der Waals surface area contributed by atoms with Gasteiger partial charge in [0.25, 0.3) is 0 Å². The number of nitrogens with one attached hydrogen (secondary N) is 2. The summed E-state index contributed by atoms with van der Waals surface area (Å²) in [5, 5.41) is 60.6. The third kappa shape index (κ3) is 59.6. The number of alkyl carbamates (subject to hydrolysis) is 1. The number of carbonyl (C=O) groups is 4. The van der Waals surface area contributed by atoms with Gasteiger partial charge in [-0.3, -0.25) is 14.4 Å². The molecule has 0 aliphatic carbocycles. The Bertz CT molecular complexity index is 3500. The second-order valence-corrected chi connectivity index (χ2v) is 28.6. The molecule has 2 fully saturated rings. The second-order valence-electron chi connectivity index (χ2n) is 23.1. The average molecular weight is 1920 g/mol. The molecule has 2 amide bonds. The molecule has 2 heterocycles. The van der Waals surface area contributed by atoms with Gasteiger partial charge in [0, 0.05) is 83.9 Å². The Kier molecular flexibility index (Phi) is 68.1. The van der Waals surface area contributed by atoms with Crippen molar-refractivity contribution in [2.45, 2.75) is 174 Å². The molecule has 2 aliphatic heterocycles. The third-order valence-corrected chi connectivity index (χ3v) is 16.2. The van der Waals surface area contributed by atoms with Gasteiger partial charge in [-0.1, -0.05) is 215 Å². The molecule has 29 heteroatoms. The number of terminal acetylenes is 1. The number of aliphatic hydroxyl groups excluding tert-OH is 2. The molecule has 6 aromatic carbocycles. The Morgan fingerprint density at radius 2 is 1.02 bits per heavy atom. The third-order valence-electron chi connectivity index (χ3n) is 13.2. The molecule has 0 saturated carbocycles. The first kappa shape index (κ1) is 107. The molecule has 6 aromatic rings. The molecule has 592 valence electrons. The van der Waals surface area contributed by atoms with Gasteiger partial charge in [-0.25, -0.2) is 4.79 Å². The van der Waals surface area contributed by atoms with Crippen LogP contribution >= 0.6 is 108 Å². The van der Waals surface area contributed by atoms with Crippen molar-refractivity contribution < 1.29 is 95.1 Å². The van der Waals surface area contributed by atoms with Crippen molar-refractivity contribution in [1.82, 2.24) is 10.6 Å². The van der Waals surface area contributed by atoms with Crippen LogP contribution < -0.4 is 41.0 Å². The van der Waals surface area contributed by atoms with Gasteiger partial charge < -0.3 is 63.3 Å². The summed E-state index contributed by atoms with van der Waals surface area (Å²) in [6.07, 6.45) is 5.10. The Balaban J connectivity index is -0.000000281. The quantitative estimate of drug-likeness (QED) is 0.0140. The van der Waals surface area contributed by atoms with Gasteiger partial charge in [0.2, 0.25) is 0 Å². The van der Waals surface area contributed by atoms with Crippen molar-refractivity contribution in [2.75, 3.05) is 52.6 Å². The molecule has 8 rings (SSSR count). The fourth-order valence-electron chi connectivity index (χ4n) is 8.21. The Hall–Kier alpha value is -3.82. The summed E-state index contributed by atoms with van der Waals surface area (Å²) in [5.74, 6) is 0.334. The monoisotopic (exact) mass is 1910 g/mol. The first-order chi connectivity index (χ1) is 49.9. The van der Waals surface area contributed by atoms with Gasteiger partial charge in [-0.15, -0.1) is 18.8 Å². The summed E-state index contributed by atoms with van der Waals surface area (Å²) in [6.45, 7) is 18.0. The maximum absolute atomic E-state index is 11.9. The zero-order valence-corrected chi connectivity index (χ0v) is 71.9. The second kappa shape index (κ2) is 67.8. The van der Waals surface area contributed by atoms with Crippen LogP contribution in [0.4, 0.5) is 18.0 Å². The first-order valence-electron chi connectivity index (χ1n) is 34.7. The average Bonchev–Trinajstić information content (AvgIpc) is 1.03. The van der Waals surface area contributed by atoms with E-state index in [2.05, 4.69) is 107 Å². The Morgan fingerprint density at radius 3 is 1.36 bits per heavy atom. The number of benzene rings is 6. The fourth-order valence-corrected chi connectivity index (χ4v) is 10.7. The molecular formula is C78H109AlBr6ClF3LiN5O12. The number of ether oxygens (including phenoxy) is 3. The van der Waals surface area contributed by atoms with Crippen molar-refractivity contribution in [3.63, 3.8) is 0 Å². The molecule has 0 radical (unpaired) electrons. The van der Waals surface area contributed by atoms with Crippen molar-refractivity contribution in [3.05, 3.63) is 206 Å². The van der Waals surface area contributed by atoms with E-state index in [1.807, 2.05) is 100 Å². The normalized spacial score (nSPS) is 13.4. The summed E-state index contributed by atoms with van der Waals surface area (Å²) < 4.78 is 71.2. The van der Waals surface area contributed by atoms with Crippen molar-refractivity contribution >= 4 is 149 Å². The molecule has 4 atom stereocenters. The van der Waals surface area contributed by atoms with E-state index in [-0.39, 0.29) is 93.6 Å². The fraction of sp³-hybridized carbons (Fsp3) is 0.449. The van der Waals surface area contributed by atoms with Gasteiger partial charge in [-0.05, 0) is 187 Å². The molecule has 0 aromatic heterocycles. The Labute approximate surface area is 716 Å². The summed E-state index contributed by atoms with van der Waals surface area (Å²) in [5.41, 5.74) is 13.1. The summed E-state index contributed by atoms with van der Waals surface area (Å²) >= 11 is 19.6. The molecule has 4 unspecified atom stereocenters. The smallest absolute Gasteiger partial charge is 1.00 e. The maximum atomic E-state index is 11.9. The van der Waals surface area contributed by atoms with E-state index in [0.717, 1.165) is 91.9 Å². The number of aliphatic hydroxyl groups is 5. The van der Waals surface area contributed by atoms with E-state index in [1.54, 1.807) is 92.8 Å². The van der Waals surface area contributed by atoms with Crippen molar-refractivity contribution in [3.8, 4) is 18.4 Å². The number of ketones is 1. The van der Waals surface area contributed by atoms with E-state index < -0.39 is 60.3 Å². The number of alkyl halides is 3. The van der Waals surface area contributed by atoms with E-state index in [0.29, 0.717) is 40.7 Å². The van der Waals surface area contributed by atoms with Crippen molar-refractivity contribution in [1.29, 1.82) is 5.26 Å². The predicted octanol–water partition coefficient (Wildman–Crippen LogP) is 15.3. The van der Waals surface area contributed by atoms with Crippen LogP contribution in [0.15, 0.2) is 172 Å². The Morgan fingerprint density at radius 1 is 0.636 bits per heavy atom. The number of carbonyl (C=O) groups excluding carboxylic acids is 4. The number of nitriles is 1. The molecule has 2 aliphatic rings. The summed E-state index contributed by atoms with van der Waals surface area (Å²) in [4.78, 5) is 43.9. The summed E-state index contributed by atoms with van der Waals surface area (Å²) in [6, 6.07) is 44.6. The molecular weight excluding hydrogens is 1800 g/mol. The number of nitrogens with two attached hydrogens (primary N) is 2. The molecule has 2 saturated heterocycles. The molecule has 17 nitrogen and oxygen atoms in total. The van der Waals surface area contributed by atoms with Crippen LogP contribution in [0.25, 0.3) is 0 Å². The van der Waals surface area contributed by atoms with Crippen LogP contribution in [0, 0.1) is 23.7 Å². The number of hydrogen-bond donors (Lipinski definition) is 9. The van der Waals surface area contributed by atoms with Gasteiger partial charge in [0.15, 0.2) is 23.1 Å². The minimum atomic E-state index is -4.96. The standard InChI is InChI=1S/C14H18BrNO3.C11H11BrF3NO2.2C9H12BrNO.C9H8BrNO.C9H16O.C7H5BrO.2C4H8O.C2H6.Al.ClH.Li.4H/c1-14(2,3)19-13(18)16-8-7-12(17)10-5-4-6-11(15)9-10;12-8-3-1-2-7(6-8)9(17)4-5-16-10(18)11(13,14)15;3*10-8-3-1-2-7(6-8)9(12)4-5-11;1-4-7-9(10,6-3)8-5-2;8-7-3-1-2-6(4-7)5-9;2*1-2-4-5-3-1;1-2;;;;;;;/h4-6,9H,7-8H2,1-3H3,(H,16,18);1-3,6,9,17H,4-5H2,(H,16,18);2*1-3,6,9,12H,4-5,11H2;1-3,6,9,12H,4H2;3,10H,4-5,7-8H2,1-2H3;1-5H;2*1-4H2;1-2H3;;1H;;;;;/q;;;;;;;;;;;;+1;;;;-1/i;2*9D;;;;;;;;;;;;;;. The first-order valence-corrected chi connectivity index (χ1v) is 38.5. The van der Waals surface area contributed by atoms with Gasteiger partial charge in [-0.2, -0.15) is 18.4 Å². The topological polar surface area (TPSA) is 297 Å². The minimum Gasteiger partial charge on any atom is -1.00 e. The van der Waals surface area contributed by atoms with E-state index in [4.69, 9.17) is 40.1 Å². The number of amides is 2. The van der Waals surface area contributed by atoms with Crippen LogP contribution in [0.5, 0.6) is 0 Å². The number of halogens is 10. The number of hydrogen-bond acceptors (Lipinski definition) is 15. The number of aldehydes is 1. The van der Waals surface area contributed by atoms with Gasteiger partial charge >= 0.3 is 37.0 Å². The maximum Gasteiger partial charge on any atom is 1.00 e. The number of rotatable bonds is 21. The molecule has 11 N–H and O–H groups in total. The van der Waals surface area contributed by atoms with Crippen LogP contribution in [0.2, 0.25) is 0 Å². The minimum absolute atomic E-state index is 0. The van der Waals surface area contributed by atoms with E-state index in [1.165, 1.54) is 37.8 Å². The van der Waals surface area contributed by atoms with E-state index in [9.17, 15) is 57.9 Å². The van der Waals surface area contributed by atoms with Gasteiger partial charge in [0.05, 0.1) is 39.6 Å². The van der Waals surface area contributed by atoms with E-state index >= 15 is 0 Å².